The van der Waals surface area contributed by atoms with Gasteiger partial charge in [0.25, 0.3) is 0 Å². The molecule has 2 aromatic carbocycles. The third-order valence-corrected chi connectivity index (χ3v) is 5.66. The summed E-state index contributed by atoms with van der Waals surface area (Å²) in [6, 6.07) is 16.1. The molecule has 0 aliphatic heterocycles. The molecule has 0 aromatic heterocycles. The molecule has 0 radical (unpaired) electrons. The number of methoxy groups -OCH3 is 2. The summed E-state index contributed by atoms with van der Waals surface area (Å²) in [5.74, 6) is 1.86. The van der Waals surface area contributed by atoms with Crippen LogP contribution >= 0.6 is 0 Å². The lowest BCUT2D eigenvalue weighted by atomic mass is 9.78. The third kappa shape index (κ3) is 4.62. The fraction of sp³-hybridized carbons (Fsp3) is 0.435. The predicted molar refractivity (Wildman–Crippen MR) is 107 cm³/mol. The van der Waals surface area contributed by atoms with Crippen molar-refractivity contribution < 1.29 is 14.3 Å². The molecule has 0 heterocycles. The molecule has 0 unspecified atom stereocenters. The van der Waals surface area contributed by atoms with Gasteiger partial charge in [0.2, 0.25) is 5.91 Å². The smallest absolute Gasteiger partial charge is 0.220 e. The number of carbonyl (C=O) groups excluding carboxylic acids is 1. The van der Waals surface area contributed by atoms with Crippen molar-refractivity contribution in [2.45, 2.75) is 43.9 Å². The van der Waals surface area contributed by atoms with Gasteiger partial charge in [-0.3, -0.25) is 4.79 Å². The second kappa shape index (κ2) is 8.94. The maximum absolute atomic E-state index is 12.5. The van der Waals surface area contributed by atoms with Gasteiger partial charge < -0.3 is 14.8 Å². The highest BCUT2D eigenvalue weighted by molar-refractivity contribution is 5.76. The Morgan fingerprint density at radius 2 is 1.70 bits per heavy atom. The van der Waals surface area contributed by atoms with Crippen LogP contribution in [0.5, 0.6) is 11.5 Å². The van der Waals surface area contributed by atoms with Crippen LogP contribution in [0.3, 0.4) is 0 Å². The Labute approximate surface area is 161 Å². The highest BCUT2D eigenvalue weighted by atomic mass is 16.5. The number of hydrogen-bond donors (Lipinski definition) is 1. The van der Waals surface area contributed by atoms with Gasteiger partial charge in [0, 0.05) is 23.9 Å². The minimum atomic E-state index is -0.0115. The minimum Gasteiger partial charge on any atom is -0.497 e. The van der Waals surface area contributed by atoms with Crippen LogP contribution in [0.4, 0.5) is 0 Å². The summed E-state index contributed by atoms with van der Waals surface area (Å²) in [6.07, 6.45) is 5.80. The standard InChI is InChI=1S/C23H29NO3/c1-26-19-12-9-18(10-13-19)11-14-22(25)24-17-23(15-5-6-16-23)20-7-3-4-8-21(20)27-2/h3-4,7-10,12-13H,5-6,11,14-17H2,1-2H3,(H,24,25). The second-order valence-electron chi connectivity index (χ2n) is 7.31. The van der Waals surface area contributed by atoms with E-state index in [1.54, 1.807) is 14.2 Å². The summed E-state index contributed by atoms with van der Waals surface area (Å²) >= 11 is 0. The van der Waals surface area contributed by atoms with E-state index in [-0.39, 0.29) is 11.3 Å². The highest BCUT2D eigenvalue weighted by Gasteiger charge is 2.37. The fourth-order valence-electron chi connectivity index (χ4n) is 4.08. The monoisotopic (exact) mass is 367 g/mol. The van der Waals surface area contributed by atoms with Crippen LogP contribution in [-0.2, 0) is 16.6 Å². The number of nitrogens with one attached hydrogen (secondary N) is 1. The van der Waals surface area contributed by atoms with Crippen LogP contribution in [0.1, 0.15) is 43.2 Å². The van der Waals surface area contributed by atoms with Crippen LogP contribution in [0.2, 0.25) is 0 Å². The Bertz CT molecular complexity index is 748. The molecule has 0 atom stereocenters. The van der Waals surface area contributed by atoms with E-state index in [4.69, 9.17) is 9.47 Å². The van der Waals surface area contributed by atoms with Crippen molar-refractivity contribution in [2.24, 2.45) is 0 Å². The molecule has 1 N–H and O–H groups in total. The number of ether oxygens (including phenoxy) is 2. The number of para-hydroxylation sites is 1. The molecular weight excluding hydrogens is 338 g/mol. The number of benzene rings is 2. The SMILES string of the molecule is COc1ccc(CCC(=O)NCC2(c3ccccc3OC)CCCC2)cc1. The van der Waals surface area contributed by atoms with Crippen LogP contribution in [0, 0.1) is 0 Å². The fourth-order valence-corrected chi connectivity index (χ4v) is 4.08. The van der Waals surface area contributed by atoms with E-state index < -0.39 is 0 Å². The number of hydrogen-bond acceptors (Lipinski definition) is 3. The van der Waals surface area contributed by atoms with E-state index in [9.17, 15) is 4.79 Å². The molecule has 4 nitrogen and oxygen atoms in total. The van der Waals surface area contributed by atoms with Crippen molar-refractivity contribution in [1.82, 2.24) is 5.32 Å². The van der Waals surface area contributed by atoms with Gasteiger partial charge in [0.15, 0.2) is 0 Å². The maximum Gasteiger partial charge on any atom is 0.220 e. The summed E-state index contributed by atoms with van der Waals surface area (Å²) in [5, 5.41) is 3.19. The molecule has 3 rings (SSSR count). The number of rotatable bonds is 8. The van der Waals surface area contributed by atoms with Gasteiger partial charge in [-0.05, 0) is 43.0 Å². The molecule has 27 heavy (non-hydrogen) atoms. The predicted octanol–water partition coefficient (Wildman–Crippen LogP) is 4.26. The first-order chi connectivity index (χ1) is 13.2. The number of carbonyl (C=O) groups is 1. The Morgan fingerprint density at radius 1 is 1.00 bits per heavy atom. The molecule has 1 aliphatic rings. The zero-order chi connectivity index (χ0) is 19.1. The molecule has 0 bridgehead atoms. The quantitative estimate of drug-likeness (QED) is 0.758. The van der Waals surface area contributed by atoms with Gasteiger partial charge in [-0.2, -0.15) is 0 Å². The lowest BCUT2D eigenvalue weighted by Crippen LogP contribution is -2.39. The van der Waals surface area contributed by atoms with Crippen molar-refractivity contribution in [3.63, 3.8) is 0 Å². The van der Waals surface area contributed by atoms with Crippen molar-refractivity contribution in [3.05, 3.63) is 59.7 Å². The van der Waals surface area contributed by atoms with E-state index in [0.29, 0.717) is 13.0 Å². The first kappa shape index (κ1) is 19.3. The van der Waals surface area contributed by atoms with Crippen molar-refractivity contribution in [1.29, 1.82) is 0 Å². The van der Waals surface area contributed by atoms with E-state index >= 15 is 0 Å². The van der Waals surface area contributed by atoms with Crippen molar-refractivity contribution in [2.75, 3.05) is 20.8 Å². The van der Waals surface area contributed by atoms with E-state index in [1.807, 2.05) is 36.4 Å². The number of aryl methyl sites for hydroxylation is 1. The summed E-state index contributed by atoms with van der Waals surface area (Å²) in [6.45, 7) is 0.675. The summed E-state index contributed by atoms with van der Waals surface area (Å²) in [7, 11) is 3.37. The first-order valence-electron chi connectivity index (χ1n) is 9.70. The van der Waals surface area contributed by atoms with Crippen molar-refractivity contribution in [3.8, 4) is 11.5 Å². The third-order valence-electron chi connectivity index (χ3n) is 5.66. The van der Waals surface area contributed by atoms with Crippen LogP contribution < -0.4 is 14.8 Å². The van der Waals surface area contributed by atoms with Gasteiger partial charge in [-0.25, -0.2) is 0 Å². The number of amides is 1. The molecule has 1 amide bonds. The lowest BCUT2D eigenvalue weighted by molar-refractivity contribution is -0.121. The highest BCUT2D eigenvalue weighted by Crippen LogP contribution is 2.44. The van der Waals surface area contributed by atoms with Gasteiger partial charge in [0.05, 0.1) is 14.2 Å². The second-order valence-corrected chi connectivity index (χ2v) is 7.31. The molecule has 0 spiro atoms. The van der Waals surface area contributed by atoms with Crippen LogP contribution in [0.15, 0.2) is 48.5 Å². The molecular formula is C23H29NO3. The molecule has 1 fully saturated rings. The maximum atomic E-state index is 12.5. The Hall–Kier alpha value is -2.49. The molecule has 2 aromatic rings. The van der Waals surface area contributed by atoms with Gasteiger partial charge >= 0.3 is 0 Å². The zero-order valence-electron chi connectivity index (χ0n) is 16.3. The van der Waals surface area contributed by atoms with E-state index in [1.165, 1.54) is 18.4 Å². The zero-order valence-corrected chi connectivity index (χ0v) is 16.3. The largest absolute Gasteiger partial charge is 0.497 e. The van der Waals surface area contributed by atoms with Crippen LogP contribution in [0.25, 0.3) is 0 Å². The molecule has 4 heteroatoms. The lowest BCUT2D eigenvalue weighted by Gasteiger charge is -2.31. The van der Waals surface area contributed by atoms with Gasteiger partial charge in [0.1, 0.15) is 11.5 Å². The molecule has 1 aliphatic carbocycles. The summed E-state index contributed by atoms with van der Waals surface area (Å²) < 4.78 is 10.8. The Balaban J connectivity index is 1.60. The van der Waals surface area contributed by atoms with Crippen LogP contribution in [-0.4, -0.2) is 26.7 Å². The first-order valence-corrected chi connectivity index (χ1v) is 9.70. The van der Waals surface area contributed by atoms with Gasteiger partial charge in [-0.15, -0.1) is 0 Å². The molecule has 144 valence electrons. The minimum absolute atomic E-state index is 0.0115. The molecule has 0 saturated heterocycles. The Kier molecular flexibility index (Phi) is 6.38. The summed E-state index contributed by atoms with van der Waals surface area (Å²) in [4.78, 5) is 12.5. The topological polar surface area (TPSA) is 47.6 Å². The van der Waals surface area contributed by atoms with Crippen molar-refractivity contribution >= 4 is 5.91 Å². The average Bonchev–Trinajstić information content (AvgIpc) is 3.21. The van der Waals surface area contributed by atoms with E-state index in [0.717, 1.165) is 36.3 Å². The normalized spacial score (nSPS) is 15.3. The Morgan fingerprint density at radius 3 is 2.37 bits per heavy atom. The summed E-state index contributed by atoms with van der Waals surface area (Å²) in [5.41, 5.74) is 2.36. The molecule has 1 saturated carbocycles. The van der Waals surface area contributed by atoms with E-state index in [2.05, 4.69) is 17.4 Å². The average molecular weight is 367 g/mol. The van der Waals surface area contributed by atoms with Gasteiger partial charge in [-0.1, -0.05) is 43.2 Å².